The molecule has 168 valence electrons. The van der Waals surface area contributed by atoms with Gasteiger partial charge in [0, 0.05) is 0 Å². The highest BCUT2D eigenvalue weighted by Gasteiger charge is 2.27. The minimum absolute atomic E-state index is 0.0638. The van der Waals surface area contributed by atoms with Crippen LogP contribution in [-0.4, -0.2) is 36.6 Å². The first-order valence-corrected chi connectivity index (χ1v) is 11.9. The Balaban J connectivity index is 1.58. The first-order chi connectivity index (χ1) is 16.0. The summed E-state index contributed by atoms with van der Waals surface area (Å²) in [6.07, 6.45) is 0.0638. The SMILES string of the molecule is CCOC(=O)c1ccccc1NC(=O)CN1C(=O)CC(c2ccc(Br)s2)=Nc2ccccc21. The molecule has 0 radical (unpaired) electrons. The first-order valence-electron chi connectivity index (χ1n) is 10.2. The molecule has 2 aromatic carbocycles. The lowest BCUT2D eigenvalue weighted by Crippen LogP contribution is -2.38. The third-order valence-corrected chi connectivity index (χ3v) is 6.58. The maximum atomic E-state index is 13.2. The van der Waals surface area contributed by atoms with Gasteiger partial charge in [-0.2, -0.15) is 0 Å². The average Bonchev–Trinajstić information content (AvgIpc) is 3.18. The normalized spacial score (nSPS) is 13.1. The fourth-order valence-electron chi connectivity index (χ4n) is 3.44. The van der Waals surface area contributed by atoms with Gasteiger partial charge in [-0.05, 0) is 59.3 Å². The van der Waals surface area contributed by atoms with Crippen LogP contribution in [-0.2, 0) is 14.3 Å². The number of esters is 1. The number of nitrogens with one attached hydrogen (secondary N) is 1. The highest BCUT2D eigenvalue weighted by molar-refractivity contribution is 9.11. The first kappa shape index (κ1) is 22.9. The summed E-state index contributed by atoms with van der Waals surface area (Å²) >= 11 is 4.95. The Morgan fingerprint density at radius 1 is 1.12 bits per heavy atom. The zero-order chi connectivity index (χ0) is 23.4. The molecular formula is C24H20BrN3O4S. The molecule has 0 saturated carbocycles. The van der Waals surface area contributed by atoms with Crippen LogP contribution < -0.4 is 10.2 Å². The minimum Gasteiger partial charge on any atom is -0.462 e. The molecule has 7 nitrogen and oxygen atoms in total. The van der Waals surface area contributed by atoms with Crippen LogP contribution in [0.25, 0.3) is 0 Å². The molecule has 0 unspecified atom stereocenters. The van der Waals surface area contributed by atoms with Crippen molar-refractivity contribution in [3.63, 3.8) is 0 Å². The van der Waals surface area contributed by atoms with Crippen LogP contribution in [0.3, 0.4) is 0 Å². The van der Waals surface area contributed by atoms with Crippen molar-refractivity contribution >= 4 is 67.8 Å². The summed E-state index contributed by atoms with van der Waals surface area (Å²) < 4.78 is 6.01. The van der Waals surface area contributed by atoms with Crippen molar-refractivity contribution in [2.24, 2.45) is 4.99 Å². The number of hydrogen-bond donors (Lipinski definition) is 1. The zero-order valence-electron chi connectivity index (χ0n) is 17.7. The van der Waals surface area contributed by atoms with E-state index in [1.165, 1.54) is 16.2 Å². The number of aliphatic imine (C=N–C) groups is 1. The molecule has 0 saturated heterocycles. The molecule has 2 heterocycles. The predicted octanol–water partition coefficient (Wildman–Crippen LogP) is 5.18. The number of benzene rings is 2. The molecule has 4 rings (SSSR count). The number of fused-ring (bicyclic) bond motifs is 1. The summed E-state index contributed by atoms with van der Waals surface area (Å²) in [6.45, 7) is 1.72. The second-order valence-corrected chi connectivity index (χ2v) is 9.58. The number of carbonyl (C=O) groups excluding carboxylic acids is 3. The number of rotatable bonds is 6. The minimum atomic E-state index is -0.523. The molecular weight excluding hydrogens is 506 g/mol. The van der Waals surface area contributed by atoms with Crippen molar-refractivity contribution in [1.82, 2.24) is 0 Å². The maximum absolute atomic E-state index is 13.2. The number of para-hydroxylation sites is 3. The lowest BCUT2D eigenvalue weighted by molar-refractivity contribution is -0.120. The second kappa shape index (κ2) is 10.1. The molecule has 0 bridgehead atoms. The van der Waals surface area contributed by atoms with Gasteiger partial charge in [-0.1, -0.05) is 24.3 Å². The van der Waals surface area contributed by atoms with Crippen LogP contribution in [0.5, 0.6) is 0 Å². The van der Waals surface area contributed by atoms with E-state index in [1.54, 1.807) is 43.3 Å². The van der Waals surface area contributed by atoms with Gasteiger partial charge in [0.1, 0.15) is 6.54 Å². The lowest BCUT2D eigenvalue weighted by Gasteiger charge is -2.22. The number of amides is 2. The van der Waals surface area contributed by atoms with Gasteiger partial charge < -0.3 is 15.0 Å². The number of ether oxygens (including phenoxy) is 1. The lowest BCUT2D eigenvalue weighted by atomic mass is 10.1. The molecule has 1 aromatic heterocycles. The number of thiophene rings is 1. The van der Waals surface area contributed by atoms with E-state index < -0.39 is 11.9 Å². The van der Waals surface area contributed by atoms with Gasteiger partial charge in [0.2, 0.25) is 11.8 Å². The highest BCUT2D eigenvalue weighted by Crippen LogP contribution is 2.34. The number of nitrogens with zero attached hydrogens (tertiary/aromatic N) is 2. The summed E-state index contributed by atoms with van der Waals surface area (Å²) in [7, 11) is 0. The summed E-state index contributed by atoms with van der Waals surface area (Å²) in [5.41, 5.74) is 2.41. The van der Waals surface area contributed by atoms with E-state index in [4.69, 9.17) is 9.73 Å². The van der Waals surface area contributed by atoms with Crippen LogP contribution >= 0.6 is 27.3 Å². The van der Waals surface area contributed by atoms with Crippen molar-refractivity contribution in [1.29, 1.82) is 0 Å². The van der Waals surface area contributed by atoms with E-state index in [9.17, 15) is 14.4 Å². The molecule has 2 amide bonds. The quantitative estimate of drug-likeness (QED) is 0.449. The van der Waals surface area contributed by atoms with E-state index in [-0.39, 0.29) is 31.0 Å². The van der Waals surface area contributed by atoms with Crippen molar-refractivity contribution in [3.05, 3.63) is 74.9 Å². The number of carbonyl (C=O) groups is 3. The smallest absolute Gasteiger partial charge is 0.340 e. The molecule has 3 aromatic rings. The van der Waals surface area contributed by atoms with Crippen LogP contribution in [0.1, 0.15) is 28.6 Å². The zero-order valence-corrected chi connectivity index (χ0v) is 20.1. The van der Waals surface area contributed by atoms with Crippen LogP contribution in [0.2, 0.25) is 0 Å². The monoisotopic (exact) mass is 525 g/mol. The van der Waals surface area contributed by atoms with Gasteiger partial charge in [-0.15, -0.1) is 11.3 Å². The van der Waals surface area contributed by atoms with Gasteiger partial charge in [0.15, 0.2) is 0 Å². The Kier molecular flexibility index (Phi) is 7.00. The second-order valence-electron chi connectivity index (χ2n) is 7.12. The number of hydrogen-bond acceptors (Lipinski definition) is 6. The van der Waals surface area contributed by atoms with Gasteiger partial charge in [0.25, 0.3) is 0 Å². The summed E-state index contributed by atoms with van der Waals surface area (Å²) in [5, 5.41) is 2.74. The Labute approximate surface area is 203 Å². The molecule has 1 aliphatic heterocycles. The van der Waals surface area contributed by atoms with E-state index in [0.717, 1.165) is 8.66 Å². The van der Waals surface area contributed by atoms with Crippen LogP contribution in [0, 0.1) is 0 Å². The fourth-order valence-corrected chi connectivity index (χ4v) is 4.82. The molecule has 0 spiro atoms. The van der Waals surface area contributed by atoms with E-state index in [2.05, 4.69) is 21.2 Å². The third-order valence-electron chi connectivity index (χ3n) is 4.90. The van der Waals surface area contributed by atoms with E-state index in [1.807, 2.05) is 24.3 Å². The Bertz CT molecular complexity index is 1250. The van der Waals surface area contributed by atoms with Crippen LogP contribution in [0.4, 0.5) is 17.1 Å². The molecule has 9 heteroatoms. The maximum Gasteiger partial charge on any atom is 0.340 e. The Hall–Kier alpha value is -3.30. The van der Waals surface area contributed by atoms with Crippen molar-refractivity contribution in [3.8, 4) is 0 Å². The molecule has 1 aliphatic rings. The van der Waals surface area contributed by atoms with Gasteiger partial charge in [-0.25, -0.2) is 9.79 Å². The number of halogens is 1. The fraction of sp³-hybridized carbons (Fsp3) is 0.167. The topological polar surface area (TPSA) is 88.1 Å². The average molecular weight is 526 g/mol. The van der Waals surface area contributed by atoms with Gasteiger partial charge in [0.05, 0.1) is 50.0 Å². The van der Waals surface area contributed by atoms with Crippen LogP contribution in [0.15, 0.2) is 69.4 Å². The molecule has 0 aliphatic carbocycles. The third kappa shape index (κ3) is 5.20. The molecule has 0 fully saturated rings. The van der Waals surface area contributed by atoms with Crippen molar-refractivity contribution in [2.45, 2.75) is 13.3 Å². The Morgan fingerprint density at radius 2 is 1.88 bits per heavy atom. The molecule has 33 heavy (non-hydrogen) atoms. The highest BCUT2D eigenvalue weighted by atomic mass is 79.9. The van der Waals surface area contributed by atoms with E-state index >= 15 is 0 Å². The van der Waals surface area contributed by atoms with Crippen molar-refractivity contribution in [2.75, 3.05) is 23.4 Å². The largest absolute Gasteiger partial charge is 0.462 e. The molecule has 1 N–H and O–H groups in total. The Morgan fingerprint density at radius 3 is 2.64 bits per heavy atom. The number of anilines is 2. The predicted molar refractivity (Wildman–Crippen MR) is 133 cm³/mol. The van der Waals surface area contributed by atoms with E-state index in [0.29, 0.717) is 22.8 Å². The molecule has 0 atom stereocenters. The summed E-state index contributed by atoms with van der Waals surface area (Å²) in [5.74, 6) is -1.20. The summed E-state index contributed by atoms with van der Waals surface area (Å²) in [4.78, 5) is 45.4. The van der Waals surface area contributed by atoms with Gasteiger partial charge >= 0.3 is 5.97 Å². The standard InChI is InChI=1S/C24H20BrN3O4S/c1-2-32-24(31)15-7-3-4-8-16(15)27-22(29)14-28-19-10-6-5-9-17(19)26-18(13-23(28)30)20-11-12-21(25)33-20/h3-12H,2,13-14H2,1H3,(H,27,29). The van der Waals surface area contributed by atoms with Crippen molar-refractivity contribution < 1.29 is 19.1 Å². The summed E-state index contributed by atoms with van der Waals surface area (Å²) in [6, 6.07) is 17.7. The van der Waals surface area contributed by atoms with Gasteiger partial charge in [-0.3, -0.25) is 9.59 Å².